The monoisotopic (exact) mass is 572 g/mol. The van der Waals surface area contributed by atoms with Gasteiger partial charge in [0.25, 0.3) is 11.8 Å². The Hall–Kier alpha value is -5.12. The lowest BCUT2D eigenvalue weighted by molar-refractivity contribution is 0.0197. The number of anilines is 2. The van der Waals surface area contributed by atoms with E-state index >= 15 is 0 Å². The Balaban J connectivity index is 1.000. The summed E-state index contributed by atoms with van der Waals surface area (Å²) in [6, 6.07) is 24.6. The zero-order valence-corrected chi connectivity index (χ0v) is 23.7. The number of imidazole rings is 1. The van der Waals surface area contributed by atoms with Gasteiger partial charge < -0.3 is 20.1 Å². The normalized spacial score (nSPS) is 16.4. The summed E-state index contributed by atoms with van der Waals surface area (Å²) < 4.78 is 0. The Kier molecular flexibility index (Phi) is 7.02. The number of carbonyl (C=O) groups is 2. The van der Waals surface area contributed by atoms with Crippen LogP contribution in [0, 0.1) is 5.41 Å². The Morgan fingerprint density at radius 1 is 0.744 bits per heavy atom. The van der Waals surface area contributed by atoms with Gasteiger partial charge in [0.2, 0.25) is 5.95 Å². The van der Waals surface area contributed by atoms with Crippen LogP contribution >= 0.6 is 0 Å². The summed E-state index contributed by atoms with van der Waals surface area (Å²) in [5.41, 5.74) is 4.09. The van der Waals surface area contributed by atoms with Crippen molar-refractivity contribution in [2.24, 2.45) is 5.41 Å². The average Bonchev–Trinajstić information content (AvgIpc) is 3.50. The molecule has 0 aliphatic carbocycles. The summed E-state index contributed by atoms with van der Waals surface area (Å²) in [6.07, 6.45) is 5.28. The van der Waals surface area contributed by atoms with Crippen molar-refractivity contribution in [3.8, 4) is 11.5 Å². The SMILES string of the molecule is O=C(c1cccc(-c2nc3ccccc3[nH]2)n1)N1CCC2(CCCN(C(=O)c3ccnc(Nc4ccccc4)n3)C2)CC1. The van der Waals surface area contributed by atoms with Crippen LogP contribution in [0.4, 0.5) is 11.6 Å². The van der Waals surface area contributed by atoms with E-state index in [1.807, 2.05) is 76.5 Å². The van der Waals surface area contributed by atoms with Crippen molar-refractivity contribution in [1.29, 1.82) is 0 Å². The number of piperidine rings is 2. The van der Waals surface area contributed by atoms with Gasteiger partial charge in [-0.15, -0.1) is 0 Å². The molecule has 2 saturated heterocycles. The summed E-state index contributed by atoms with van der Waals surface area (Å²) in [4.78, 5) is 52.2. The van der Waals surface area contributed by atoms with Crippen LogP contribution < -0.4 is 5.32 Å². The van der Waals surface area contributed by atoms with Crippen LogP contribution in [-0.4, -0.2) is 72.7 Å². The first-order chi connectivity index (χ1) is 21.1. The maximum absolute atomic E-state index is 13.5. The second-order valence-electron chi connectivity index (χ2n) is 11.4. The first kappa shape index (κ1) is 26.8. The van der Waals surface area contributed by atoms with Crippen molar-refractivity contribution in [1.82, 2.24) is 34.7 Å². The third-order valence-corrected chi connectivity index (χ3v) is 8.56. The number of H-pyrrole nitrogens is 1. The minimum atomic E-state index is -0.0808. The molecule has 1 spiro atoms. The molecule has 2 aromatic carbocycles. The molecule has 2 aliphatic rings. The van der Waals surface area contributed by atoms with E-state index in [0.717, 1.165) is 42.4 Å². The number of aromatic amines is 1. The lowest BCUT2D eigenvalue weighted by Gasteiger charge is -2.47. The third kappa shape index (κ3) is 5.55. The van der Waals surface area contributed by atoms with Crippen LogP contribution in [0.5, 0.6) is 0 Å². The van der Waals surface area contributed by atoms with Crippen molar-refractivity contribution >= 4 is 34.5 Å². The van der Waals surface area contributed by atoms with Crippen molar-refractivity contribution in [2.45, 2.75) is 25.7 Å². The number of nitrogens with zero attached hydrogens (tertiary/aromatic N) is 6. The first-order valence-electron chi connectivity index (χ1n) is 14.7. The van der Waals surface area contributed by atoms with Crippen molar-refractivity contribution in [3.63, 3.8) is 0 Å². The van der Waals surface area contributed by atoms with Crippen molar-refractivity contribution < 1.29 is 9.59 Å². The van der Waals surface area contributed by atoms with E-state index in [9.17, 15) is 9.59 Å². The number of pyridine rings is 1. The standard InChI is InChI=1S/C33H32N8O2/c42-30(27-13-6-12-26(36-27)29-37-24-10-4-5-11-25(24)38-29)40-20-16-33(17-21-40)15-7-19-41(22-33)31(43)28-14-18-34-32(39-28)35-23-8-2-1-3-9-23/h1-6,8-14,18H,7,15-17,19-22H2,(H,37,38)(H,34,35,39). The van der Waals surface area contributed by atoms with E-state index in [0.29, 0.717) is 55.0 Å². The Morgan fingerprint density at radius 2 is 1.51 bits per heavy atom. The highest BCUT2D eigenvalue weighted by Crippen LogP contribution is 2.40. The van der Waals surface area contributed by atoms with Gasteiger partial charge in [-0.05, 0) is 73.6 Å². The predicted molar refractivity (Wildman–Crippen MR) is 164 cm³/mol. The number of para-hydroxylation sites is 3. The number of hydrogen-bond acceptors (Lipinski definition) is 7. The average molecular weight is 573 g/mol. The van der Waals surface area contributed by atoms with E-state index in [1.54, 1.807) is 18.3 Å². The molecule has 2 amide bonds. The summed E-state index contributed by atoms with van der Waals surface area (Å²) in [7, 11) is 0. The van der Waals surface area contributed by atoms with E-state index in [4.69, 9.17) is 0 Å². The molecular weight excluding hydrogens is 540 g/mol. The van der Waals surface area contributed by atoms with Crippen LogP contribution in [0.15, 0.2) is 85.1 Å². The van der Waals surface area contributed by atoms with Gasteiger partial charge in [0, 0.05) is 38.1 Å². The topological polar surface area (TPSA) is 120 Å². The maximum Gasteiger partial charge on any atom is 0.272 e. The molecule has 5 aromatic rings. The molecule has 43 heavy (non-hydrogen) atoms. The van der Waals surface area contributed by atoms with Gasteiger partial charge in [-0.25, -0.2) is 19.9 Å². The summed E-state index contributed by atoms with van der Waals surface area (Å²) in [5, 5.41) is 3.17. The summed E-state index contributed by atoms with van der Waals surface area (Å²) in [6.45, 7) is 2.64. The van der Waals surface area contributed by atoms with E-state index in [2.05, 4.69) is 30.2 Å². The lowest BCUT2D eigenvalue weighted by atomic mass is 9.72. The number of carbonyl (C=O) groups excluding carboxylic acids is 2. The smallest absolute Gasteiger partial charge is 0.272 e. The van der Waals surface area contributed by atoms with Crippen molar-refractivity contribution in [2.75, 3.05) is 31.5 Å². The number of aromatic nitrogens is 5. The second kappa shape index (κ2) is 11.3. The highest BCUT2D eigenvalue weighted by atomic mass is 16.2. The number of rotatable bonds is 5. The second-order valence-corrected chi connectivity index (χ2v) is 11.4. The van der Waals surface area contributed by atoms with E-state index in [1.165, 1.54) is 0 Å². The Morgan fingerprint density at radius 3 is 2.35 bits per heavy atom. The summed E-state index contributed by atoms with van der Waals surface area (Å²) >= 11 is 0. The molecule has 7 rings (SSSR count). The van der Waals surface area contributed by atoms with Gasteiger partial charge in [-0.3, -0.25) is 9.59 Å². The molecule has 0 unspecified atom stereocenters. The Labute approximate surface area is 249 Å². The molecule has 0 saturated carbocycles. The largest absolute Gasteiger partial charge is 0.337 e. The fourth-order valence-corrected chi connectivity index (χ4v) is 6.25. The minimum absolute atomic E-state index is 0.00755. The first-order valence-corrected chi connectivity index (χ1v) is 14.7. The van der Waals surface area contributed by atoms with Crippen molar-refractivity contribution in [3.05, 3.63) is 96.4 Å². The maximum atomic E-state index is 13.5. The number of benzene rings is 2. The number of amides is 2. The lowest BCUT2D eigenvalue weighted by Crippen LogP contribution is -2.52. The van der Waals surface area contributed by atoms with Crippen LogP contribution in [-0.2, 0) is 0 Å². The van der Waals surface area contributed by atoms with E-state index < -0.39 is 0 Å². The Bertz CT molecular complexity index is 1750. The molecule has 10 nitrogen and oxygen atoms in total. The van der Waals surface area contributed by atoms with Gasteiger partial charge in [-0.2, -0.15) is 0 Å². The predicted octanol–water partition coefficient (Wildman–Crippen LogP) is 5.32. The van der Waals surface area contributed by atoms with E-state index in [-0.39, 0.29) is 17.2 Å². The minimum Gasteiger partial charge on any atom is -0.337 e. The molecule has 0 bridgehead atoms. The molecular formula is C33H32N8O2. The highest BCUT2D eigenvalue weighted by Gasteiger charge is 2.41. The highest BCUT2D eigenvalue weighted by molar-refractivity contribution is 5.93. The number of hydrogen-bond donors (Lipinski definition) is 2. The molecule has 5 heterocycles. The van der Waals surface area contributed by atoms with Gasteiger partial charge in [-0.1, -0.05) is 36.4 Å². The molecule has 0 atom stereocenters. The molecule has 216 valence electrons. The van der Waals surface area contributed by atoms with Gasteiger partial charge in [0.15, 0.2) is 5.82 Å². The third-order valence-electron chi connectivity index (χ3n) is 8.56. The molecule has 2 fully saturated rings. The molecule has 3 aromatic heterocycles. The molecule has 2 aliphatic heterocycles. The van der Waals surface area contributed by atoms with Gasteiger partial charge in [0.05, 0.1) is 11.0 Å². The van der Waals surface area contributed by atoms with Crippen LogP contribution in [0.3, 0.4) is 0 Å². The summed E-state index contributed by atoms with van der Waals surface area (Å²) in [5.74, 6) is 0.888. The zero-order valence-electron chi connectivity index (χ0n) is 23.7. The van der Waals surface area contributed by atoms with Crippen LogP contribution in [0.1, 0.15) is 46.7 Å². The molecule has 10 heteroatoms. The van der Waals surface area contributed by atoms with Gasteiger partial charge >= 0.3 is 0 Å². The fraction of sp³-hybridized carbons (Fsp3) is 0.273. The zero-order chi connectivity index (χ0) is 29.2. The number of fused-ring (bicyclic) bond motifs is 1. The van der Waals surface area contributed by atoms with Crippen LogP contribution in [0.25, 0.3) is 22.6 Å². The molecule has 0 radical (unpaired) electrons. The number of nitrogens with one attached hydrogen (secondary N) is 2. The molecule has 2 N–H and O–H groups in total. The quantitative estimate of drug-likeness (QED) is 0.293. The van der Waals surface area contributed by atoms with Gasteiger partial charge in [0.1, 0.15) is 17.1 Å². The fourth-order valence-electron chi connectivity index (χ4n) is 6.25. The van der Waals surface area contributed by atoms with Crippen LogP contribution in [0.2, 0.25) is 0 Å². The number of likely N-dealkylation sites (tertiary alicyclic amines) is 2.